The molecule has 3 heteroatoms. The molecule has 3 nitrogen and oxygen atoms in total. The average Bonchev–Trinajstić information content (AvgIpc) is 3.37. The van der Waals surface area contributed by atoms with E-state index >= 15 is 0 Å². The molecule has 0 aliphatic heterocycles. The molecule has 0 bridgehead atoms. The molecule has 2 aromatic carbocycles. The number of rotatable bonds is 5. The lowest BCUT2D eigenvalue weighted by Crippen LogP contribution is -2.27. The van der Waals surface area contributed by atoms with Crippen LogP contribution in [0.25, 0.3) is 0 Å². The number of nitrogens with one attached hydrogen (secondary N) is 1. The van der Waals surface area contributed by atoms with Gasteiger partial charge in [0.2, 0.25) is 5.91 Å². The summed E-state index contributed by atoms with van der Waals surface area (Å²) in [5, 5.41) is 3.07. The monoisotopic (exact) mass is 309 g/mol. The van der Waals surface area contributed by atoms with Crippen molar-refractivity contribution in [1.29, 1.82) is 0 Å². The van der Waals surface area contributed by atoms with Gasteiger partial charge in [-0.15, -0.1) is 0 Å². The summed E-state index contributed by atoms with van der Waals surface area (Å²) in [5.41, 5.74) is 2.83. The maximum absolute atomic E-state index is 12.7. The number of amides is 1. The molecule has 0 atom stereocenters. The van der Waals surface area contributed by atoms with Crippen LogP contribution in [0.1, 0.15) is 43.7 Å². The van der Waals surface area contributed by atoms with E-state index in [9.17, 15) is 4.79 Å². The first-order valence-electron chi connectivity index (χ1n) is 8.11. The first kappa shape index (κ1) is 15.6. The van der Waals surface area contributed by atoms with Gasteiger partial charge in [-0.3, -0.25) is 4.79 Å². The van der Waals surface area contributed by atoms with Crippen LogP contribution in [0.15, 0.2) is 48.5 Å². The highest BCUT2D eigenvalue weighted by Gasteiger charge is 2.51. The normalized spacial score (nSPS) is 15.3. The van der Waals surface area contributed by atoms with Gasteiger partial charge < -0.3 is 10.1 Å². The number of hydrogen-bond donors (Lipinski definition) is 1. The molecule has 0 aromatic heterocycles. The second-order valence-corrected chi connectivity index (χ2v) is 6.54. The molecule has 1 amide bonds. The number of hydrogen-bond acceptors (Lipinski definition) is 2. The van der Waals surface area contributed by atoms with Crippen LogP contribution in [-0.4, -0.2) is 13.0 Å². The average molecular weight is 309 g/mol. The third kappa shape index (κ3) is 3.09. The maximum atomic E-state index is 12.7. The van der Waals surface area contributed by atoms with Crippen molar-refractivity contribution in [3.63, 3.8) is 0 Å². The Morgan fingerprint density at radius 3 is 2.13 bits per heavy atom. The summed E-state index contributed by atoms with van der Waals surface area (Å²) in [7, 11) is 1.65. The van der Waals surface area contributed by atoms with Gasteiger partial charge in [-0.05, 0) is 54.2 Å². The predicted octanol–water partition coefficient (Wildman–Crippen LogP) is 4.49. The van der Waals surface area contributed by atoms with Crippen LogP contribution < -0.4 is 10.1 Å². The summed E-state index contributed by atoms with van der Waals surface area (Å²) >= 11 is 0. The lowest BCUT2D eigenvalue weighted by atomic mass is 9.94. The fraction of sp³-hybridized carbons (Fsp3) is 0.350. The molecule has 2 aromatic rings. The number of benzene rings is 2. The Bertz CT molecular complexity index is 683. The van der Waals surface area contributed by atoms with E-state index in [4.69, 9.17) is 4.74 Å². The third-order valence-corrected chi connectivity index (χ3v) is 4.66. The van der Waals surface area contributed by atoms with Crippen molar-refractivity contribution in [1.82, 2.24) is 0 Å². The first-order chi connectivity index (χ1) is 11.0. The maximum Gasteiger partial charge on any atom is 0.235 e. The Hall–Kier alpha value is -2.29. The van der Waals surface area contributed by atoms with Gasteiger partial charge in [0.25, 0.3) is 0 Å². The van der Waals surface area contributed by atoms with Crippen molar-refractivity contribution in [3.05, 3.63) is 59.7 Å². The molecule has 23 heavy (non-hydrogen) atoms. The molecule has 0 saturated heterocycles. The van der Waals surface area contributed by atoms with Gasteiger partial charge in [-0.2, -0.15) is 0 Å². The smallest absolute Gasteiger partial charge is 0.235 e. The second-order valence-electron chi connectivity index (χ2n) is 6.54. The standard InChI is InChI=1S/C20H23NO2/c1-14(2)15-4-8-17(9-5-15)21-19(22)20(12-13-20)16-6-10-18(23-3)11-7-16/h4-11,14H,12-13H2,1-3H3,(H,21,22). The number of methoxy groups -OCH3 is 1. The van der Waals surface area contributed by atoms with Crippen LogP contribution in [0.5, 0.6) is 5.75 Å². The zero-order valence-corrected chi connectivity index (χ0v) is 13.9. The van der Waals surface area contributed by atoms with E-state index in [1.54, 1.807) is 7.11 Å². The molecule has 1 aliphatic rings. The van der Waals surface area contributed by atoms with E-state index in [-0.39, 0.29) is 11.3 Å². The Balaban J connectivity index is 1.74. The summed E-state index contributed by atoms with van der Waals surface area (Å²) in [6.07, 6.45) is 1.80. The fourth-order valence-electron chi connectivity index (χ4n) is 2.88. The van der Waals surface area contributed by atoms with E-state index in [0.717, 1.165) is 29.8 Å². The predicted molar refractivity (Wildman–Crippen MR) is 93.1 cm³/mol. The quantitative estimate of drug-likeness (QED) is 0.883. The zero-order valence-electron chi connectivity index (χ0n) is 13.9. The van der Waals surface area contributed by atoms with Gasteiger partial charge in [0.15, 0.2) is 0 Å². The molecular formula is C20H23NO2. The summed E-state index contributed by atoms with van der Waals surface area (Å²) in [4.78, 5) is 12.7. The van der Waals surface area contributed by atoms with Crippen LogP contribution >= 0.6 is 0 Å². The van der Waals surface area contributed by atoms with E-state index in [1.165, 1.54) is 5.56 Å². The van der Waals surface area contributed by atoms with Crippen LogP contribution in [-0.2, 0) is 10.2 Å². The van der Waals surface area contributed by atoms with Gasteiger partial charge in [0.1, 0.15) is 5.75 Å². The molecule has 1 aliphatic carbocycles. The minimum absolute atomic E-state index is 0.0833. The van der Waals surface area contributed by atoms with Gasteiger partial charge >= 0.3 is 0 Å². The van der Waals surface area contributed by atoms with E-state index in [2.05, 4.69) is 31.3 Å². The highest BCUT2D eigenvalue weighted by Crippen LogP contribution is 2.49. The summed E-state index contributed by atoms with van der Waals surface area (Å²) in [5.74, 6) is 1.39. The second kappa shape index (κ2) is 6.07. The molecule has 0 radical (unpaired) electrons. The van der Waals surface area contributed by atoms with Gasteiger partial charge in [0.05, 0.1) is 12.5 Å². The lowest BCUT2D eigenvalue weighted by molar-refractivity contribution is -0.118. The SMILES string of the molecule is COc1ccc(C2(C(=O)Nc3ccc(C(C)C)cc3)CC2)cc1. The number of carbonyl (C=O) groups is 1. The molecule has 1 saturated carbocycles. The topological polar surface area (TPSA) is 38.3 Å². The summed E-state index contributed by atoms with van der Waals surface area (Å²) in [6.45, 7) is 4.33. The molecule has 0 heterocycles. The van der Waals surface area contributed by atoms with Gasteiger partial charge in [-0.25, -0.2) is 0 Å². The molecule has 1 fully saturated rings. The third-order valence-electron chi connectivity index (χ3n) is 4.66. The van der Waals surface area contributed by atoms with Crippen molar-refractivity contribution >= 4 is 11.6 Å². The number of anilines is 1. The van der Waals surface area contributed by atoms with Crippen molar-refractivity contribution in [2.75, 3.05) is 12.4 Å². The van der Waals surface area contributed by atoms with Crippen LogP contribution in [0, 0.1) is 0 Å². The number of carbonyl (C=O) groups excluding carboxylic acids is 1. The Morgan fingerprint density at radius 2 is 1.65 bits per heavy atom. The summed E-state index contributed by atoms with van der Waals surface area (Å²) < 4.78 is 5.19. The fourth-order valence-corrected chi connectivity index (χ4v) is 2.88. The van der Waals surface area contributed by atoms with E-state index < -0.39 is 0 Å². The highest BCUT2D eigenvalue weighted by molar-refractivity contribution is 6.01. The first-order valence-corrected chi connectivity index (χ1v) is 8.11. The largest absolute Gasteiger partial charge is 0.497 e. The van der Waals surface area contributed by atoms with Crippen molar-refractivity contribution < 1.29 is 9.53 Å². The van der Waals surface area contributed by atoms with Crippen LogP contribution in [0.2, 0.25) is 0 Å². The molecule has 0 spiro atoms. The Morgan fingerprint density at radius 1 is 1.04 bits per heavy atom. The van der Waals surface area contributed by atoms with Crippen LogP contribution in [0.4, 0.5) is 5.69 Å². The highest BCUT2D eigenvalue weighted by atomic mass is 16.5. The van der Waals surface area contributed by atoms with E-state index in [1.807, 2.05) is 36.4 Å². The minimum atomic E-state index is -0.372. The van der Waals surface area contributed by atoms with E-state index in [0.29, 0.717) is 5.92 Å². The number of ether oxygens (including phenoxy) is 1. The molecule has 3 rings (SSSR count). The molecule has 1 N–H and O–H groups in total. The van der Waals surface area contributed by atoms with Crippen molar-refractivity contribution in [2.24, 2.45) is 0 Å². The summed E-state index contributed by atoms with van der Waals surface area (Å²) in [6, 6.07) is 15.9. The zero-order chi connectivity index (χ0) is 16.4. The minimum Gasteiger partial charge on any atom is -0.497 e. The molecule has 120 valence electrons. The van der Waals surface area contributed by atoms with Gasteiger partial charge in [-0.1, -0.05) is 38.1 Å². The van der Waals surface area contributed by atoms with Crippen molar-refractivity contribution in [3.8, 4) is 5.75 Å². The van der Waals surface area contributed by atoms with Crippen LogP contribution in [0.3, 0.4) is 0 Å². The van der Waals surface area contributed by atoms with Gasteiger partial charge in [0, 0.05) is 5.69 Å². The lowest BCUT2D eigenvalue weighted by Gasteiger charge is -2.16. The van der Waals surface area contributed by atoms with Crippen molar-refractivity contribution in [2.45, 2.75) is 38.0 Å². The molecular weight excluding hydrogens is 286 g/mol. The Labute approximate surface area is 137 Å². The molecule has 0 unspecified atom stereocenters. The Kier molecular flexibility index (Phi) is 4.12.